The standard InChI is InChI=1S/C24H26N6O/c1-16-9-11-28(12-10-16)19-6-5-17-14-29(24(31)20(17)13-19)22-4-2-3-21(26-22)23-27-25-15-30(23)18-7-8-18/h2-6,13,15-16,18H,7-12,14H2,1H3. The van der Waals surface area contributed by atoms with Crippen LogP contribution in [0.3, 0.4) is 0 Å². The van der Waals surface area contributed by atoms with Gasteiger partial charge in [0, 0.05) is 30.4 Å². The quantitative estimate of drug-likeness (QED) is 0.644. The van der Waals surface area contributed by atoms with Gasteiger partial charge in [-0.1, -0.05) is 19.1 Å². The Morgan fingerprint density at radius 2 is 1.87 bits per heavy atom. The van der Waals surface area contributed by atoms with Gasteiger partial charge in [0.15, 0.2) is 5.82 Å². The molecule has 0 unspecified atom stereocenters. The van der Waals surface area contributed by atoms with Gasteiger partial charge in [-0.15, -0.1) is 10.2 Å². The van der Waals surface area contributed by atoms with Crippen LogP contribution in [0.4, 0.5) is 11.5 Å². The number of carbonyl (C=O) groups is 1. The summed E-state index contributed by atoms with van der Waals surface area (Å²) in [5.74, 6) is 2.25. The lowest BCUT2D eigenvalue weighted by Gasteiger charge is -2.32. The maximum absolute atomic E-state index is 13.3. The van der Waals surface area contributed by atoms with E-state index in [1.807, 2.05) is 18.2 Å². The summed E-state index contributed by atoms with van der Waals surface area (Å²) < 4.78 is 2.10. The van der Waals surface area contributed by atoms with Crippen molar-refractivity contribution < 1.29 is 4.79 Å². The summed E-state index contributed by atoms with van der Waals surface area (Å²) in [6.45, 7) is 4.99. The molecular weight excluding hydrogens is 388 g/mol. The van der Waals surface area contributed by atoms with Crippen LogP contribution >= 0.6 is 0 Å². The first-order valence-electron chi connectivity index (χ1n) is 11.2. The molecule has 7 nitrogen and oxygen atoms in total. The molecule has 1 saturated heterocycles. The number of piperidine rings is 1. The third-order valence-electron chi connectivity index (χ3n) is 6.80. The summed E-state index contributed by atoms with van der Waals surface area (Å²) in [5, 5.41) is 8.36. The summed E-state index contributed by atoms with van der Waals surface area (Å²) in [6.07, 6.45) is 6.51. The molecule has 1 saturated carbocycles. The van der Waals surface area contributed by atoms with Gasteiger partial charge in [-0.05, 0) is 61.4 Å². The highest BCUT2D eigenvalue weighted by atomic mass is 16.2. The lowest BCUT2D eigenvalue weighted by molar-refractivity contribution is 0.0996. The number of benzene rings is 1. The molecule has 31 heavy (non-hydrogen) atoms. The minimum Gasteiger partial charge on any atom is -0.371 e. The Bertz CT molecular complexity index is 1140. The minimum atomic E-state index is 0.0236. The largest absolute Gasteiger partial charge is 0.371 e. The van der Waals surface area contributed by atoms with E-state index in [1.54, 1.807) is 11.2 Å². The first-order chi connectivity index (χ1) is 15.2. The predicted molar refractivity (Wildman–Crippen MR) is 119 cm³/mol. The Balaban J connectivity index is 1.27. The van der Waals surface area contributed by atoms with Crippen molar-refractivity contribution in [2.45, 2.75) is 45.2 Å². The van der Waals surface area contributed by atoms with E-state index in [1.165, 1.54) is 12.8 Å². The van der Waals surface area contributed by atoms with Gasteiger partial charge in [0.1, 0.15) is 17.8 Å². The molecular formula is C24H26N6O. The minimum absolute atomic E-state index is 0.0236. The third kappa shape index (κ3) is 3.28. The SMILES string of the molecule is CC1CCN(c2ccc3c(c2)C(=O)N(c2cccc(-c4nncn4C4CC4)n2)C3)CC1. The van der Waals surface area contributed by atoms with E-state index < -0.39 is 0 Å². The van der Waals surface area contributed by atoms with Crippen LogP contribution in [0.5, 0.6) is 0 Å². The number of aromatic nitrogens is 4. The van der Waals surface area contributed by atoms with Crippen molar-refractivity contribution in [2.24, 2.45) is 5.92 Å². The maximum Gasteiger partial charge on any atom is 0.260 e. The Kier molecular flexibility index (Phi) is 4.30. The van der Waals surface area contributed by atoms with Gasteiger partial charge < -0.3 is 9.47 Å². The van der Waals surface area contributed by atoms with E-state index in [4.69, 9.17) is 4.98 Å². The van der Waals surface area contributed by atoms with Gasteiger partial charge >= 0.3 is 0 Å². The number of anilines is 2. The zero-order chi connectivity index (χ0) is 20.9. The summed E-state index contributed by atoms with van der Waals surface area (Å²) in [6, 6.07) is 12.6. The number of nitrogens with zero attached hydrogens (tertiary/aromatic N) is 6. The smallest absolute Gasteiger partial charge is 0.260 e. The lowest BCUT2D eigenvalue weighted by atomic mass is 9.98. The van der Waals surface area contributed by atoms with Gasteiger partial charge in [0.2, 0.25) is 0 Å². The summed E-state index contributed by atoms with van der Waals surface area (Å²) in [5.41, 5.74) is 3.77. The van der Waals surface area contributed by atoms with Crippen molar-refractivity contribution in [2.75, 3.05) is 22.9 Å². The molecule has 7 heteroatoms. The molecule has 158 valence electrons. The Hall–Kier alpha value is -3.22. The van der Waals surface area contributed by atoms with E-state index in [0.29, 0.717) is 18.4 Å². The molecule has 3 aliphatic rings. The molecule has 3 aromatic rings. The van der Waals surface area contributed by atoms with Crippen LogP contribution in [0.1, 0.15) is 54.6 Å². The first-order valence-corrected chi connectivity index (χ1v) is 11.2. The topological polar surface area (TPSA) is 67.2 Å². The van der Waals surface area contributed by atoms with Crippen molar-refractivity contribution >= 4 is 17.4 Å². The van der Waals surface area contributed by atoms with Gasteiger partial charge in [-0.3, -0.25) is 9.69 Å². The van der Waals surface area contributed by atoms with Crippen molar-refractivity contribution in [3.63, 3.8) is 0 Å². The van der Waals surface area contributed by atoms with Gasteiger partial charge in [0.05, 0.1) is 6.54 Å². The molecule has 0 N–H and O–H groups in total. The fourth-order valence-corrected chi connectivity index (χ4v) is 4.68. The molecule has 0 spiro atoms. The molecule has 2 aliphatic heterocycles. The van der Waals surface area contributed by atoms with Crippen LogP contribution in [-0.2, 0) is 6.54 Å². The molecule has 4 heterocycles. The average molecular weight is 415 g/mol. The van der Waals surface area contributed by atoms with Gasteiger partial charge in [-0.2, -0.15) is 0 Å². The van der Waals surface area contributed by atoms with E-state index in [2.05, 4.69) is 44.8 Å². The lowest BCUT2D eigenvalue weighted by Crippen LogP contribution is -2.32. The van der Waals surface area contributed by atoms with E-state index in [9.17, 15) is 4.79 Å². The first kappa shape index (κ1) is 18.5. The number of hydrogen-bond donors (Lipinski definition) is 0. The second kappa shape index (κ2) is 7.18. The van der Waals surface area contributed by atoms with Crippen molar-refractivity contribution in [1.29, 1.82) is 0 Å². The van der Waals surface area contributed by atoms with Crippen LogP contribution in [0, 0.1) is 5.92 Å². The molecule has 1 aliphatic carbocycles. The van der Waals surface area contributed by atoms with Crippen LogP contribution in [0.2, 0.25) is 0 Å². The maximum atomic E-state index is 13.3. The average Bonchev–Trinajstić information content (AvgIpc) is 3.43. The molecule has 1 aromatic carbocycles. The molecule has 0 radical (unpaired) electrons. The highest BCUT2D eigenvalue weighted by Crippen LogP contribution is 2.38. The molecule has 6 rings (SSSR count). The van der Waals surface area contributed by atoms with Gasteiger partial charge in [0.25, 0.3) is 5.91 Å². The molecule has 0 bridgehead atoms. The molecule has 1 amide bonds. The van der Waals surface area contributed by atoms with Crippen LogP contribution < -0.4 is 9.80 Å². The number of amides is 1. The number of rotatable bonds is 4. The summed E-state index contributed by atoms with van der Waals surface area (Å²) in [4.78, 5) is 22.3. The monoisotopic (exact) mass is 414 g/mol. The third-order valence-corrected chi connectivity index (χ3v) is 6.80. The molecule has 2 aromatic heterocycles. The van der Waals surface area contributed by atoms with Crippen molar-refractivity contribution in [1.82, 2.24) is 19.7 Å². The van der Waals surface area contributed by atoms with E-state index in [-0.39, 0.29) is 5.91 Å². The zero-order valence-corrected chi connectivity index (χ0v) is 17.7. The van der Waals surface area contributed by atoms with E-state index in [0.717, 1.165) is 60.2 Å². The van der Waals surface area contributed by atoms with Crippen LogP contribution in [0.25, 0.3) is 11.5 Å². The van der Waals surface area contributed by atoms with Crippen LogP contribution in [0.15, 0.2) is 42.7 Å². The highest BCUT2D eigenvalue weighted by molar-refractivity contribution is 6.10. The Labute approximate surface area is 181 Å². The van der Waals surface area contributed by atoms with E-state index >= 15 is 0 Å². The summed E-state index contributed by atoms with van der Waals surface area (Å²) >= 11 is 0. The fraction of sp³-hybridized carbons (Fsp3) is 0.417. The summed E-state index contributed by atoms with van der Waals surface area (Å²) in [7, 11) is 0. The Morgan fingerprint density at radius 1 is 1.03 bits per heavy atom. The molecule has 2 fully saturated rings. The van der Waals surface area contributed by atoms with Crippen LogP contribution in [-0.4, -0.2) is 38.7 Å². The Morgan fingerprint density at radius 3 is 2.68 bits per heavy atom. The van der Waals surface area contributed by atoms with Crippen molar-refractivity contribution in [3.8, 4) is 11.5 Å². The highest BCUT2D eigenvalue weighted by Gasteiger charge is 2.31. The normalized spacial score (nSPS) is 19.2. The second-order valence-corrected chi connectivity index (χ2v) is 9.08. The van der Waals surface area contributed by atoms with Crippen molar-refractivity contribution in [3.05, 3.63) is 53.9 Å². The number of pyridine rings is 1. The molecule has 0 atom stereocenters. The number of fused-ring (bicyclic) bond motifs is 1. The number of carbonyl (C=O) groups excluding carboxylic acids is 1. The number of hydrogen-bond acceptors (Lipinski definition) is 5. The predicted octanol–water partition coefficient (Wildman–Crippen LogP) is 4.07. The zero-order valence-electron chi connectivity index (χ0n) is 17.7. The van der Waals surface area contributed by atoms with Gasteiger partial charge in [-0.25, -0.2) is 4.98 Å². The fourth-order valence-electron chi connectivity index (χ4n) is 4.68. The second-order valence-electron chi connectivity index (χ2n) is 9.08.